The van der Waals surface area contributed by atoms with Gasteiger partial charge < -0.3 is 10.1 Å². The van der Waals surface area contributed by atoms with Crippen molar-refractivity contribution in [2.24, 2.45) is 11.8 Å². The highest BCUT2D eigenvalue weighted by Gasteiger charge is 2.33. The molecule has 4 atom stereocenters. The number of hydrogen-bond donors (Lipinski definition) is 1. The second-order valence-electron chi connectivity index (χ2n) is 6.63. The molecule has 4 unspecified atom stereocenters. The molecule has 3 heteroatoms. The molecule has 0 radical (unpaired) electrons. The largest absolute Gasteiger partial charge is 0.459 e. The van der Waals surface area contributed by atoms with Gasteiger partial charge in [0.15, 0.2) is 0 Å². The van der Waals surface area contributed by atoms with Gasteiger partial charge in [0.05, 0.1) is 0 Å². The second-order valence-corrected chi connectivity index (χ2v) is 6.63. The summed E-state index contributed by atoms with van der Waals surface area (Å²) in [5, 5.41) is 3.44. The number of carbonyl (C=O) groups excluding carboxylic acids is 1. The lowest BCUT2D eigenvalue weighted by Gasteiger charge is -2.27. The van der Waals surface area contributed by atoms with E-state index >= 15 is 0 Å². The summed E-state index contributed by atoms with van der Waals surface area (Å²) in [5.41, 5.74) is -0.403. The summed E-state index contributed by atoms with van der Waals surface area (Å²) in [6.45, 7) is 12.2. The Kier molecular flexibility index (Phi) is 5.20. The lowest BCUT2D eigenvalue weighted by Crippen LogP contribution is -2.45. The van der Waals surface area contributed by atoms with E-state index in [0.29, 0.717) is 12.0 Å². The first-order valence-electron chi connectivity index (χ1n) is 7.23. The summed E-state index contributed by atoms with van der Waals surface area (Å²) in [6.07, 6.45) is 3.68. The van der Waals surface area contributed by atoms with Crippen LogP contribution in [0.5, 0.6) is 0 Å². The van der Waals surface area contributed by atoms with Gasteiger partial charge in [-0.05, 0) is 52.4 Å². The van der Waals surface area contributed by atoms with Gasteiger partial charge in [0.1, 0.15) is 11.6 Å². The van der Waals surface area contributed by atoms with Gasteiger partial charge in [-0.1, -0.05) is 20.3 Å². The third kappa shape index (κ3) is 4.27. The Balaban J connectivity index is 2.45. The van der Waals surface area contributed by atoms with Gasteiger partial charge in [0.25, 0.3) is 0 Å². The van der Waals surface area contributed by atoms with Crippen LogP contribution in [0.25, 0.3) is 0 Å². The minimum absolute atomic E-state index is 0.144. The minimum atomic E-state index is -0.403. The standard InChI is InChI=1S/C15H29NO2/c1-7-12-8-9-13(10(12)2)16-11(3)14(17)18-15(4,5)6/h10-13,16H,7-9H2,1-6H3. The topological polar surface area (TPSA) is 38.3 Å². The fraction of sp³-hybridized carbons (Fsp3) is 0.933. The van der Waals surface area contributed by atoms with Crippen LogP contribution < -0.4 is 5.32 Å². The zero-order chi connectivity index (χ0) is 13.9. The van der Waals surface area contributed by atoms with Crippen LogP contribution in [-0.2, 0) is 9.53 Å². The number of ether oxygens (including phenoxy) is 1. The summed E-state index contributed by atoms with van der Waals surface area (Å²) in [6, 6.07) is 0.241. The molecule has 0 heterocycles. The van der Waals surface area contributed by atoms with Crippen molar-refractivity contribution >= 4 is 5.97 Å². The van der Waals surface area contributed by atoms with Gasteiger partial charge in [0.2, 0.25) is 0 Å². The van der Waals surface area contributed by atoms with Crippen molar-refractivity contribution in [3.05, 3.63) is 0 Å². The molecule has 1 rings (SSSR count). The van der Waals surface area contributed by atoms with E-state index in [1.807, 2.05) is 27.7 Å². The molecule has 0 aromatic heterocycles. The number of carbonyl (C=O) groups is 1. The smallest absolute Gasteiger partial charge is 0.323 e. The summed E-state index contributed by atoms with van der Waals surface area (Å²) in [4.78, 5) is 11.9. The third-order valence-electron chi connectivity index (χ3n) is 3.98. The van der Waals surface area contributed by atoms with Crippen molar-refractivity contribution in [3.8, 4) is 0 Å². The molecule has 1 saturated carbocycles. The minimum Gasteiger partial charge on any atom is -0.459 e. The molecule has 106 valence electrons. The van der Waals surface area contributed by atoms with Crippen molar-refractivity contribution in [2.45, 2.75) is 78.5 Å². The van der Waals surface area contributed by atoms with Crippen LogP contribution >= 0.6 is 0 Å². The van der Waals surface area contributed by atoms with E-state index in [9.17, 15) is 4.79 Å². The van der Waals surface area contributed by atoms with Gasteiger partial charge in [0, 0.05) is 6.04 Å². The molecule has 0 aromatic carbocycles. The Morgan fingerprint density at radius 2 is 2.00 bits per heavy atom. The molecule has 3 nitrogen and oxygen atoms in total. The molecule has 0 saturated heterocycles. The van der Waals surface area contributed by atoms with Crippen LogP contribution in [0.4, 0.5) is 0 Å². The zero-order valence-electron chi connectivity index (χ0n) is 12.7. The van der Waals surface area contributed by atoms with Crippen LogP contribution in [0.3, 0.4) is 0 Å². The van der Waals surface area contributed by atoms with Gasteiger partial charge >= 0.3 is 5.97 Å². The molecule has 0 spiro atoms. The van der Waals surface area contributed by atoms with Gasteiger partial charge in [-0.2, -0.15) is 0 Å². The average molecular weight is 255 g/mol. The van der Waals surface area contributed by atoms with Gasteiger partial charge in [-0.25, -0.2) is 0 Å². The molecule has 0 amide bonds. The maximum absolute atomic E-state index is 11.9. The van der Waals surface area contributed by atoms with Crippen LogP contribution in [0.15, 0.2) is 0 Å². The maximum atomic E-state index is 11.9. The highest BCUT2D eigenvalue weighted by molar-refractivity contribution is 5.75. The number of rotatable bonds is 4. The highest BCUT2D eigenvalue weighted by Crippen LogP contribution is 2.34. The van der Waals surface area contributed by atoms with Gasteiger partial charge in [-0.15, -0.1) is 0 Å². The highest BCUT2D eigenvalue weighted by atomic mass is 16.6. The SMILES string of the molecule is CCC1CCC(NC(C)C(=O)OC(C)(C)C)C1C. The number of nitrogens with one attached hydrogen (secondary N) is 1. The van der Waals surface area contributed by atoms with E-state index in [1.54, 1.807) is 0 Å². The fourth-order valence-electron chi connectivity index (χ4n) is 2.84. The number of hydrogen-bond acceptors (Lipinski definition) is 3. The Morgan fingerprint density at radius 1 is 1.39 bits per heavy atom. The molecule has 1 fully saturated rings. The first kappa shape index (κ1) is 15.5. The molecular weight excluding hydrogens is 226 g/mol. The van der Waals surface area contributed by atoms with E-state index < -0.39 is 5.60 Å². The quantitative estimate of drug-likeness (QED) is 0.784. The second kappa shape index (κ2) is 6.05. The predicted molar refractivity (Wildman–Crippen MR) is 74.4 cm³/mol. The third-order valence-corrected chi connectivity index (χ3v) is 3.98. The van der Waals surface area contributed by atoms with Crippen molar-refractivity contribution in [3.63, 3.8) is 0 Å². The van der Waals surface area contributed by atoms with Crippen molar-refractivity contribution in [2.75, 3.05) is 0 Å². The molecular formula is C15H29NO2. The molecule has 0 bridgehead atoms. The Labute approximate surface area is 112 Å². The Morgan fingerprint density at radius 3 is 2.44 bits per heavy atom. The van der Waals surface area contributed by atoms with Crippen LogP contribution in [0, 0.1) is 11.8 Å². The molecule has 1 aliphatic rings. The van der Waals surface area contributed by atoms with E-state index in [1.165, 1.54) is 19.3 Å². The van der Waals surface area contributed by atoms with E-state index in [-0.39, 0.29) is 12.0 Å². The van der Waals surface area contributed by atoms with E-state index in [0.717, 1.165) is 5.92 Å². The summed E-state index contributed by atoms with van der Waals surface area (Å²) in [5.74, 6) is 1.31. The summed E-state index contributed by atoms with van der Waals surface area (Å²) in [7, 11) is 0. The molecule has 1 aliphatic carbocycles. The predicted octanol–water partition coefficient (Wildman–Crippen LogP) is 3.13. The molecule has 18 heavy (non-hydrogen) atoms. The zero-order valence-corrected chi connectivity index (χ0v) is 12.7. The van der Waals surface area contributed by atoms with Crippen molar-refractivity contribution in [1.82, 2.24) is 5.32 Å². The summed E-state index contributed by atoms with van der Waals surface area (Å²) >= 11 is 0. The summed E-state index contributed by atoms with van der Waals surface area (Å²) < 4.78 is 5.40. The Bertz CT molecular complexity index is 283. The van der Waals surface area contributed by atoms with E-state index in [4.69, 9.17) is 4.74 Å². The first-order valence-corrected chi connectivity index (χ1v) is 7.23. The Hall–Kier alpha value is -0.570. The van der Waals surface area contributed by atoms with Crippen LogP contribution in [0.1, 0.15) is 60.8 Å². The van der Waals surface area contributed by atoms with Gasteiger partial charge in [-0.3, -0.25) is 4.79 Å². The average Bonchev–Trinajstić information content (AvgIpc) is 2.57. The molecule has 0 aromatic rings. The molecule has 1 N–H and O–H groups in total. The van der Waals surface area contributed by atoms with Crippen LogP contribution in [-0.4, -0.2) is 23.7 Å². The monoisotopic (exact) mass is 255 g/mol. The first-order chi connectivity index (χ1) is 8.24. The number of esters is 1. The van der Waals surface area contributed by atoms with Crippen molar-refractivity contribution < 1.29 is 9.53 Å². The van der Waals surface area contributed by atoms with E-state index in [2.05, 4.69) is 19.2 Å². The molecule has 0 aliphatic heterocycles. The maximum Gasteiger partial charge on any atom is 0.323 e. The van der Waals surface area contributed by atoms with Crippen LogP contribution in [0.2, 0.25) is 0 Å². The lowest BCUT2D eigenvalue weighted by molar-refractivity contribution is -0.157. The van der Waals surface area contributed by atoms with Crippen molar-refractivity contribution in [1.29, 1.82) is 0 Å². The lowest BCUT2D eigenvalue weighted by atomic mass is 9.93. The fourth-order valence-corrected chi connectivity index (χ4v) is 2.84. The normalized spacial score (nSPS) is 30.2.